The molecular weight excluding hydrogens is 832 g/mol. The first-order chi connectivity index (χ1) is 28.5. The highest BCUT2D eigenvalue weighted by molar-refractivity contribution is 5.70. The molecule has 3 aliphatic heterocycles. The Kier molecular flexibility index (Phi) is 18.7. The smallest absolute Gasteiger partial charge is 0.303 e. The van der Waals surface area contributed by atoms with Gasteiger partial charge in [-0.15, -0.1) is 0 Å². The highest BCUT2D eigenvalue weighted by Gasteiger charge is 2.59. The number of esters is 9. The van der Waals surface area contributed by atoms with Crippen LogP contribution in [0.4, 0.5) is 0 Å². The van der Waals surface area contributed by atoms with E-state index in [-0.39, 0.29) is 0 Å². The molecule has 3 aliphatic rings. The molecule has 0 aliphatic carbocycles. The van der Waals surface area contributed by atoms with Gasteiger partial charge in [-0.05, 0) is 0 Å². The minimum Gasteiger partial charge on any atom is -0.463 e. The minimum atomic E-state index is -2.02. The van der Waals surface area contributed by atoms with Crippen LogP contribution in [0.2, 0.25) is 0 Å². The zero-order chi connectivity index (χ0) is 45.9. The standard InChI is InChI=1S/C36H50O25/c1-13(37)48-10-22-26(29(52-17(5)41)25(46)34(47)57-22)60-35-33(56-21(9)45)31(54-19(7)43)28(24(59-35)12-50-15(3)39)61-36-32(55-20(8)44)30(53-18(6)42)27(51-16(4)40)23(58-36)11-49-14(2)38/h22-36,46-47H,10-12H2,1-9H3/t22?,23?,24?,25?,26-,27+,28+,29-,30+,31+,32?,33?,34-,35+,36-/m1/s1. The summed E-state index contributed by atoms with van der Waals surface area (Å²) in [5.74, 6) is -8.52. The number of ether oxygens (including phenoxy) is 14. The number of hydrogen-bond acceptors (Lipinski definition) is 25. The first-order valence-corrected chi connectivity index (χ1v) is 18.6. The molecule has 0 saturated carbocycles. The SMILES string of the molecule is CC(=O)OCC1O[C@@H](O)C(O)[C@@H](OC(C)=O)[C@@H]1O[C@@H]1OC(COC(C)=O)[C@H](O[C@H]2OC(COC(C)=O)[C@H](OC(C)=O)[C@H](OC(C)=O)C2OC(C)=O)[C@H](OC(C)=O)C1OC(C)=O. The molecule has 0 aromatic carbocycles. The third kappa shape index (κ3) is 14.8. The van der Waals surface area contributed by atoms with Gasteiger partial charge in [0.05, 0.1) is 0 Å². The third-order valence-electron chi connectivity index (χ3n) is 8.56. The molecule has 0 spiro atoms. The zero-order valence-corrected chi connectivity index (χ0v) is 34.6. The second-order valence-corrected chi connectivity index (χ2v) is 13.7. The van der Waals surface area contributed by atoms with Gasteiger partial charge >= 0.3 is 53.7 Å². The summed E-state index contributed by atoms with van der Waals surface area (Å²) in [7, 11) is 0. The summed E-state index contributed by atoms with van der Waals surface area (Å²) in [6.07, 6.45) is -27.1. The van der Waals surface area contributed by atoms with Crippen molar-refractivity contribution in [3.05, 3.63) is 0 Å². The summed E-state index contributed by atoms with van der Waals surface area (Å²) >= 11 is 0. The fourth-order valence-corrected chi connectivity index (χ4v) is 6.47. The van der Waals surface area contributed by atoms with E-state index in [0.717, 1.165) is 62.3 Å². The topological polar surface area (TPSA) is 323 Å². The van der Waals surface area contributed by atoms with E-state index in [1.165, 1.54) is 0 Å². The van der Waals surface area contributed by atoms with E-state index >= 15 is 0 Å². The van der Waals surface area contributed by atoms with Crippen LogP contribution in [0.1, 0.15) is 62.3 Å². The summed E-state index contributed by atoms with van der Waals surface area (Å²) in [6.45, 7) is 6.79. The first-order valence-electron chi connectivity index (χ1n) is 18.6. The molecule has 3 rings (SSSR count). The molecule has 0 radical (unpaired) electrons. The highest BCUT2D eigenvalue weighted by atomic mass is 16.8. The van der Waals surface area contributed by atoms with Gasteiger partial charge in [0.2, 0.25) is 0 Å². The van der Waals surface area contributed by atoms with E-state index in [9.17, 15) is 53.4 Å². The van der Waals surface area contributed by atoms with Gasteiger partial charge in [-0.2, -0.15) is 0 Å². The molecule has 2 N–H and O–H groups in total. The Balaban J connectivity index is 2.24. The maximum absolute atomic E-state index is 12.8. The van der Waals surface area contributed by atoms with Crippen LogP contribution < -0.4 is 0 Å². The second kappa shape index (κ2) is 22.7. The Morgan fingerprint density at radius 3 is 1.00 bits per heavy atom. The summed E-state index contributed by atoms with van der Waals surface area (Å²) < 4.78 is 78.3. The predicted molar refractivity (Wildman–Crippen MR) is 187 cm³/mol. The van der Waals surface area contributed by atoms with Crippen molar-refractivity contribution in [2.75, 3.05) is 19.8 Å². The summed E-state index contributed by atoms with van der Waals surface area (Å²) in [5.41, 5.74) is 0. The molecule has 0 aromatic heterocycles. The molecule has 15 atom stereocenters. The van der Waals surface area contributed by atoms with Crippen LogP contribution in [-0.4, -0.2) is 176 Å². The lowest BCUT2D eigenvalue weighted by Crippen LogP contribution is -2.68. The molecule has 61 heavy (non-hydrogen) atoms. The fraction of sp³-hybridized carbons (Fsp3) is 0.750. The lowest BCUT2D eigenvalue weighted by atomic mass is 9.95. The Morgan fingerprint density at radius 1 is 0.361 bits per heavy atom. The van der Waals surface area contributed by atoms with Crippen molar-refractivity contribution in [3.63, 3.8) is 0 Å². The second-order valence-electron chi connectivity index (χ2n) is 13.7. The molecule has 0 aromatic rings. The van der Waals surface area contributed by atoms with Crippen molar-refractivity contribution in [3.8, 4) is 0 Å². The minimum absolute atomic E-state index is 0.670. The van der Waals surface area contributed by atoms with Crippen molar-refractivity contribution in [1.82, 2.24) is 0 Å². The molecule has 6 unspecified atom stereocenters. The van der Waals surface area contributed by atoms with E-state index in [0.29, 0.717) is 0 Å². The summed E-state index contributed by atoms with van der Waals surface area (Å²) in [5, 5.41) is 21.3. The van der Waals surface area contributed by atoms with Crippen molar-refractivity contribution >= 4 is 53.7 Å². The molecule has 344 valence electrons. The van der Waals surface area contributed by atoms with Gasteiger partial charge in [-0.1, -0.05) is 0 Å². The molecule has 3 saturated heterocycles. The third-order valence-corrected chi connectivity index (χ3v) is 8.56. The van der Waals surface area contributed by atoms with Crippen LogP contribution in [0.15, 0.2) is 0 Å². The Labute approximate surface area is 347 Å². The molecule has 3 heterocycles. The normalized spacial score (nSPS) is 33.4. The van der Waals surface area contributed by atoms with E-state index < -0.39 is 166 Å². The van der Waals surface area contributed by atoms with Gasteiger partial charge in [0.15, 0.2) is 55.5 Å². The van der Waals surface area contributed by atoms with E-state index in [1.54, 1.807) is 0 Å². The van der Waals surface area contributed by atoms with Crippen molar-refractivity contribution in [1.29, 1.82) is 0 Å². The zero-order valence-electron chi connectivity index (χ0n) is 34.6. The van der Waals surface area contributed by atoms with Gasteiger partial charge < -0.3 is 76.5 Å². The quantitative estimate of drug-likeness (QED) is 0.120. The lowest BCUT2D eigenvalue weighted by Gasteiger charge is -2.50. The van der Waals surface area contributed by atoms with Gasteiger partial charge in [-0.3, -0.25) is 43.2 Å². The number of aliphatic hydroxyl groups is 2. The Hall–Kier alpha value is -5.05. The average Bonchev–Trinajstić information content (AvgIpc) is 3.12. The van der Waals surface area contributed by atoms with E-state index in [1.807, 2.05) is 0 Å². The fourth-order valence-electron chi connectivity index (χ4n) is 6.47. The van der Waals surface area contributed by atoms with Gasteiger partial charge in [0, 0.05) is 62.3 Å². The molecule has 25 heteroatoms. The van der Waals surface area contributed by atoms with Gasteiger partial charge in [-0.25, -0.2) is 0 Å². The lowest BCUT2D eigenvalue weighted by molar-refractivity contribution is -0.378. The van der Waals surface area contributed by atoms with Crippen LogP contribution in [0.25, 0.3) is 0 Å². The summed E-state index contributed by atoms with van der Waals surface area (Å²) in [6, 6.07) is 0. The van der Waals surface area contributed by atoms with Gasteiger partial charge in [0.25, 0.3) is 0 Å². The number of aliphatic hydroxyl groups excluding tert-OH is 2. The Bertz CT molecular complexity index is 1610. The van der Waals surface area contributed by atoms with Gasteiger partial charge in [0.1, 0.15) is 56.4 Å². The molecule has 25 nitrogen and oxygen atoms in total. The molecule has 0 amide bonds. The van der Waals surface area contributed by atoms with Crippen LogP contribution in [0.5, 0.6) is 0 Å². The maximum atomic E-state index is 12.8. The van der Waals surface area contributed by atoms with Crippen LogP contribution >= 0.6 is 0 Å². The molecule has 3 fully saturated rings. The molecule has 0 bridgehead atoms. The van der Waals surface area contributed by atoms with E-state index in [2.05, 4.69) is 0 Å². The first kappa shape index (κ1) is 50.3. The van der Waals surface area contributed by atoms with Crippen LogP contribution in [-0.2, 0) is 109 Å². The Morgan fingerprint density at radius 2 is 0.639 bits per heavy atom. The maximum Gasteiger partial charge on any atom is 0.303 e. The number of carbonyl (C=O) groups excluding carboxylic acids is 9. The monoisotopic (exact) mass is 882 g/mol. The highest BCUT2D eigenvalue weighted by Crippen LogP contribution is 2.37. The van der Waals surface area contributed by atoms with Crippen LogP contribution in [0.3, 0.4) is 0 Å². The van der Waals surface area contributed by atoms with Crippen LogP contribution in [0, 0.1) is 0 Å². The molecular formula is C36H50O25. The predicted octanol–water partition coefficient (Wildman–Crippen LogP) is -2.44. The number of carbonyl (C=O) groups is 9. The average molecular weight is 883 g/mol. The largest absolute Gasteiger partial charge is 0.463 e. The number of rotatable bonds is 16. The summed E-state index contributed by atoms with van der Waals surface area (Å²) in [4.78, 5) is 111. The van der Waals surface area contributed by atoms with E-state index in [4.69, 9.17) is 66.3 Å². The van der Waals surface area contributed by atoms with Crippen molar-refractivity contribution in [2.45, 2.75) is 154 Å². The van der Waals surface area contributed by atoms with Crippen molar-refractivity contribution < 1.29 is 120 Å². The number of hydrogen-bond donors (Lipinski definition) is 2. The van der Waals surface area contributed by atoms with Crippen molar-refractivity contribution in [2.24, 2.45) is 0 Å².